The minimum atomic E-state index is 0.00917. The molecule has 1 atom stereocenters. The van der Waals surface area contributed by atoms with Crippen molar-refractivity contribution in [2.45, 2.75) is 33.1 Å². The molecule has 0 radical (unpaired) electrons. The largest absolute Gasteiger partial charge is 0.349 e. The number of nitrogens with two attached hydrogens (primary N) is 1. The van der Waals surface area contributed by atoms with Crippen LogP contribution in [0.2, 0.25) is 0 Å². The van der Waals surface area contributed by atoms with E-state index >= 15 is 0 Å². The van der Waals surface area contributed by atoms with E-state index in [0.29, 0.717) is 12.5 Å². The monoisotopic (exact) mass is 200 g/mol. The normalized spacial score (nSPS) is 13.0. The van der Waals surface area contributed by atoms with Crippen molar-refractivity contribution in [2.75, 3.05) is 20.6 Å². The summed E-state index contributed by atoms with van der Waals surface area (Å²) in [5.74, 6) is 0.807. The fourth-order valence-electron chi connectivity index (χ4n) is 1.69. The molecule has 0 aromatic rings. The van der Waals surface area contributed by atoms with Crippen LogP contribution in [0.15, 0.2) is 0 Å². The van der Waals surface area contributed by atoms with E-state index in [0.717, 1.165) is 19.3 Å². The molecule has 0 rings (SSSR count). The molecule has 0 aliphatic heterocycles. The van der Waals surface area contributed by atoms with E-state index < -0.39 is 0 Å². The van der Waals surface area contributed by atoms with Gasteiger partial charge in [-0.05, 0) is 12.3 Å². The van der Waals surface area contributed by atoms with Gasteiger partial charge in [-0.3, -0.25) is 4.79 Å². The van der Waals surface area contributed by atoms with E-state index in [2.05, 4.69) is 13.8 Å². The Balaban J connectivity index is 4.20. The third kappa shape index (κ3) is 4.09. The summed E-state index contributed by atoms with van der Waals surface area (Å²) in [5, 5.41) is 0. The Morgan fingerprint density at radius 2 is 1.79 bits per heavy atom. The van der Waals surface area contributed by atoms with Crippen molar-refractivity contribution in [3.05, 3.63) is 0 Å². The number of rotatable bonds is 6. The number of hydrogen-bond acceptors (Lipinski definition) is 2. The van der Waals surface area contributed by atoms with Crippen molar-refractivity contribution in [2.24, 2.45) is 17.6 Å². The molecule has 2 N–H and O–H groups in total. The van der Waals surface area contributed by atoms with Crippen LogP contribution in [0.25, 0.3) is 0 Å². The molecule has 0 aliphatic carbocycles. The van der Waals surface area contributed by atoms with Crippen molar-refractivity contribution in [3.63, 3.8) is 0 Å². The summed E-state index contributed by atoms with van der Waals surface area (Å²) >= 11 is 0. The average molecular weight is 200 g/mol. The fraction of sp³-hybridized carbons (Fsp3) is 0.909. The zero-order chi connectivity index (χ0) is 11.1. The van der Waals surface area contributed by atoms with Gasteiger partial charge in [0.15, 0.2) is 0 Å². The van der Waals surface area contributed by atoms with E-state index in [1.54, 1.807) is 19.0 Å². The highest BCUT2D eigenvalue weighted by Gasteiger charge is 2.21. The minimum Gasteiger partial charge on any atom is -0.349 e. The lowest BCUT2D eigenvalue weighted by molar-refractivity contribution is -0.133. The van der Waals surface area contributed by atoms with E-state index in [1.807, 2.05) is 0 Å². The Morgan fingerprint density at radius 3 is 2.07 bits per heavy atom. The molecule has 3 nitrogen and oxygen atoms in total. The van der Waals surface area contributed by atoms with Gasteiger partial charge in [-0.2, -0.15) is 0 Å². The Kier molecular flexibility index (Phi) is 6.54. The number of carbonyl (C=O) groups excluding carboxylic acids is 1. The van der Waals surface area contributed by atoms with E-state index in [1.165, 1.54) is 0 Å². The van der Waals surface area contributed by atoms with Gasteiger partial charge in [0.05, 0.1) is 5.92 Å². The number of nitrogens with zero attached hydrogens (tertiary/aromatic N) is 1. The maximum absolute atomic E-state index is 11.7. The Morgan fingerprint density at radius 1 is 1.29 bits per heavy atom. The highest BCUT2D eigenvalue weighted by atomic mass is 16.2. The zero-order valence-corrected chi connectivity index (χ0v) is 9.92. The van der Waals surface area contributed by atoms with Gasteiger partial charge in [0, 0.05) is 20.6 Å². The Hall–Kier alpha value is -0.570. The highest BCUT2D eigenvalue weighted by molar-refractivity contribution is 5.78. The summed E-state index contributed by atoms with van der Waals surface area (Å²) < 4.78 is 0. The first-order chi connectivity index (χ1) is 6.56. The molecule has 0 saturated carbocycles. The molecule has 0 heterocycles. The quantitative estimate of drug-likeness (QED) is 0.706. The first-order valence-corrected chi connectivity index (χ1v) is 5.47. The summed E-state index contributed by atoms with van der Waals surface area (Å²) in [4.78, 5) is 13.3. The number of hydrogen-bond donors (Lipinski definition) is 1. The van der Waals surface area contributed by atoms with Crippen LogP contribution >= 0.6 is 0 Å². The molecule has 0 fully saturated rings. The second-order valence-electron chi connectivity index (χ2n) is 4.08. The van der Waals surface area contributed by atoms with Gasteiger partial charge in [0.2, 0.25) is 5.91 Å². The summed E-state index contributed by atoms with van der Waals surface area (Å²) in [5.41, 5.74) is 5.62. The van der Waals surface area contributed by atoms with E-state index in [4.69, 9.17) is 5.73 Å². The standard InChI is InChI=1S/C11H24N2O/c1-5-9(6-2)7-10(8-12)11(14)13(3)4/h9-10H,5-8,12H2,1-4H3. The van der Waals surface area contributed by atoms with Gasteiger partial charge in [-0.25, -0.2) is 0 Å². The van der Waals surface area contributed by atoms with Gasteiger partial charge in [-0.15, -0.1) is 0 Å². The lowest BCUT2D eigenvalue weighted by Crippen LogP contribution is -2.35. The van der Waals surface area contributed by atoms with Crippen LogP contribution in [0.4, 0.5) is 0 Å². The first-order valence-electron chi connectivity index (χ1n) is 5.47. The van der Waals surface area contributed by atoms with Crippen LogP contribution in [-0.4, -0.2) is 31.4 Å². The molecular weight excluding hydrogens is 176 g/mol. The average Bonchev–Trinajstić information content (AvgIpc) is 2.19. The highest BCUT2D eigenvalue weighted by Crippen LogP contribution is 2.19. The van der Waals surface area contributed by atoms with Crippen LogP contribution in [0.1, 0.15) is 33.1 Å². The molecule has 84 valence electrons. The molecule has 0 spiro atoms. The van der Waals surface area contributed by atoms with Crippen molar-refractivity contribution in [3.8, 4) is 0 Å². The summed E-state index contributed by atoms with van der Waals surface area (Å²) in [6.45, 7) is 4.80. The smallest absolute Gasteiger partial charge is 0.226 e. The molecule has 3 heteroatoms. The van der Waals surface area contributed by atoms with Crippen molar-refractivity contribution >= 4 is 5.91 Å². The second-order valence-corrected chi connectivity index (χ2v) is 4.08. The molecular formula is C11H24N2O. The molecule has 0 aromatic carbocycles. The SMILES string of the molecule is CCC(CC)CC(CN)C(=O)N(C)C. The third-order valence-electron chi connectivity index (χ3n) is 2.85. The van der Waals surface area contributed by atoms with Crippen molar-refractivity contribution < 1.29 is 4.79 Å². The van der Waals surface area contributed by atoms with E-state index in [9.17, 15) is 4.79 Å². The second kappa shape index (κ2) is 6.82. The van der Waals surface area contributed by atoms with Crippen molar-refractivity contribution in [1.82, 2.24) is 4.90 Å². The molecule has 1 unspecified atom stereocenters. The van der Waals surface area contributed by atoms with Crippen LogP contribution < -0.4 is 5.73 Å². The van der Waals surface area contributed by atoms with Gasteiger partial charge in [0.1, 0.15) is 0 Å². The summed E-state index contributed by atoms with van der Waals surface area (Å²) in [7, 11) is 3.58. The lowest BCUT2D eigenvalue weighted by Gasteiger charge is -2.22. The first kappa shape index (κ1) is 13.4. The molecule has 1 amide bonds. The topological polar surface area (TPSA) is 46.3 Å². The fourth-order valence-corrected chi connectivity index (χ4v) is 1.69. The minimum absolute atomic E-state index is 0.00917. The molecule has 0 aliphatic rings. The molecule has 0 saturated heterocycles. The van der Waals surface area contributed by atoms with Crippen LogP contribution in [0.3, 0.4) is 0 Å². The lowest BCUT2D eigenvalue weighted by atomic mass is 9.90. The van der Waals surface area contributed by atoms with Gasteiger partial charge in [0.25, 0.3) is 0 Å². The number of amides is 1. The van der Waals surface area contributed by atoms with Crippen LogP contribution in [-0.2, 0) is 4.79 Å². The van der Waals surface area contributed by atoms with Crippen LogP contribution in [0.5, 0.6) is 0 Å². The van der Waals surface area contributed by atoms with Gasteiger partial charge >= 0.3 is 0 Å². The third-order valence-corrected chi connectivity index (χ3v) is 2.85. The maximum Gasteiger partial charge on any atom is 0.226 e. The van der Waals surface area contributed by atoms with Crippen molar-refractivity contribution in [1.29, 1.82) is 0 Å². The number of carbonyl (C=O) groups is 1. The summed E-state index contributed by atoms with van der Waals surface area (Å²) in [6.07, 6.45) is 3.20. The Labute approximate surface area is 87.6 Å². The Bertz CT molecular complexity index is 165. The molecule has 14 heavy (non-hydrogen) atoms. The van der Waals surface area contributed by atoms with E-state index in [-0.39, 0.29) is 11.8 Å². The van der Waals surface area contributed by atoms with Gasteiger partial charge in [-0.1, -0.05) is 26.7 Å². The van der Waals surface area contributed by atoms with Crippen LogP contribution in [0, 0.1) is 11.8 Å². The summed E-state index contributed by atoms with van der Waals surface area (Å²) in [6, 6.07) is 0. The molecule has 0 bridgehead atoms. The molecule has 0 aromatic heterocycles. The predicted octanol–water partition coefficient (Wildman–Crippen LogP) is 1.48. The van der Waals surface area contributed by atoms with Gasteiger partial charge < -0.3 is 10.6 Å². The zero-order valence-electron chi connectivity index (χ0n) is 9.92. The predicted molar refractivity (Wildman–Crippen MR) is 59.9 cm³/mol. The maximum atomic E-state index is 11.7.